The molecule has 0 bridgehead atoms. The van der Waals surface area contributed by atoms with E-state index in [0.29, 0.717) is 10.0 Å². The molecule has 1 aliphatic rings. The first-order chi connectivity index (χ1) is 12.8. The molecular weight excluding hydrogens is 383 g/mol. The van der Waals surface area contributed by atoms with E-state index in [1.807, 2.05) is 24.3 Å². The molecule has 1 heterocycles. The summed E-state index contributed by atoms with van der Waals surface area (Å²) in [5.74, 6) is -0.783. The zero-order chi connectivity index (χ0) is 19.6. The predicted octanol–water partition coefficient (Wildman–Crippen LogP) is 4.56. The lowest BCUT2D eigenvalue weighted by Crippen LogP contribution is -2.58. The molecule has 1 saturated heterocycles. The molecule has 0 unspecified atom stereocenters. The second-order valence-corrected chi connectivity index (χ2v) is 8.10. The maximum absolute atomic E-state index is 11.2. The van der Waals surface area contributed by atoms with Crippen molar-refractivity contribution in [3.05, 3.63) is 69.7 Å². The van der Waals surface area contributed by atoms with Gasteiger partial charge in [0.05, 0.1) is 12.6 Å². The van der Waals surface area contributed by atoms with Crippen molar-refractivity contribution in [2.45, 2.75) is 32.0 Å². The number of hydrogen-bond donors (Lipinski definition) is 1. The summed E-state index contributed by atoms with van der Waals surface area (Å²) in [5.41, 5.74) is 2.32. The first kappa shape index (κ1) is 20.2. The lowest BCUT2D eigenvalue weighted by molar-refractivity contribution is -0.140. The summed E-state index contributed by atoms with van der Waals surface area (Å²) < 4.78 is 0. The Bertz CT molecular complexity index is 722. The highest BCUT2D eigenvalue weighted by molar-refractivity contribution is 6.30. The van der Waals surface area contributed by atoms with Crippen LogP contribution in [0.2, 0.25) is 10.0 Å². The second-order valence-electron chi connectivity index (χ2n) is 7.22. The first-order valence-electron chi connectivity index (χ1n) is 9.07. The maximum atomic E-state index is 11.2. The number of rotatable bonds is 5. The third-order valence-corrected chi connectivity index (χ3v) is 5.69. The Labute approximate surface area is 170 Å². The Morgan fingerprint density at radius 3 is 1.74 bits per heavy atom. The van der Waals surface area contributed by atoms with Gasteiger partial charge in [-0.15, -0.1) is 0 Å². The molecular formula is C21H24Cl2N2O2. The molecule has 4 nitrogen and oxygen atoms in total. The maximum Gasteiger partial charge on any atom is 0.317 e. The zero-order valence-electron chi connectivity index (χ0n) is 15.5. The van der Waals surface area contributed by atoms with E-state index in [2.05, 4.69) is 47.9 Å². The molecule has 0 radical (unpaired) electrons. The number of benzene rings is 2. The van der Waals surface area contributed by atoms with Crippen molar-refractivity contribution in [1.29, 1.82) is 0 Å². The summed E-state index contributed by atoms with van der Waals surface area (Å²) in [6.07, 6.45) is 0. The summed E-state index contributed by atoms with van der Waals surface area (Å²) in [6, 6.07) is 16.2. The van der Waals surface area contributed by atoms with E-state index in [-0.39, 0.29) is 24.7 Å². The Balaban J connectivity index is 1.92. The monoisotopic (exact) mass is 406 g/mol. The van der Waals surface area contributed by atoms with Crippen molar-refractivity contribution in [3.63, 3.8) is 0 Å². The number of halogens is 2. The molecule has 0 aliphatic carbocycles. The largest absolute Gasteiger partial charge is 0.480 e. The minimum atomic E-state index is -0.783. The van der Waals surface area contributed by atoms with Crippen LogP contribution >= 0.6 is 23.2 Å². The third-order valence-electron chi connectivity index (χ3n) is 5.18. The summed E-state index contributed by atoms with van der Waals surface area (Å²) >= 11 is 12.2. The fourth-order valence-electron chi connectivity index (χ4n) is 3.98. The van der Waals surface area contributed by atoms with E-state index in [4.69, 9.17) is 23.2 Å². The average Bonchev–Trinajstić information content (AvgIpc) is 2.61. The molecule has 2 atom stereocenters. The molecule has 27 heavy (non-hydrogen) atoms. The van der Waals surface area contributed by atoms with Crippen LogP contribution in [0.3, 0.4) is 0 Å². The molecule has 0 saturated carbocycles. The summed E-state index contributed by atoms with van der Waals surface area (Å²) in [4.78, 5) is 15.7. The van der Waals surface area contributed by atoms with E-state index in [1.54, 1.807) is 0 Å². The molecule has 3 rings (SSSR count). The van der Waals surface area contributed by atoms with Gasteiger partial charge in [0.15, 0.2) is 0 Å². The molecule has 2 aromatic rings. The first-order valence-corrected chi connectivity index (χ1v) is 9.83. The van der Waals surface area contributed by atoms with Crippen LogP contribution in [0.15, 0.2) is 48.5 Å². The van der Waals surface area contributed by atoms with E-state index in [9.17, 15) is 9.90 Å². The minimum Gasteiger partial charge on any atom is -0.480 e. The van der Waals surface area contributed by atoms with Crippen molar-refractivity contribution in [2.75, 3.05) is 19.6 Å². The molecule has 0 amide bonds. The third kappa shape index (κ3) is 4.82. The number of hydrogen-bond acceptors (Lipinski definition) is 3. The fourth-order valence-corrected chi connectivity index (χ4v) is 4.23. The van der Waals surface area contributed by atoms with Gasteiger partial charge in [-0.3, -0.25) is 14.6 Å². The lowest BCUT2D eigenvalue weighted by Gasteiger charge is -2.46. The van der Waals surface area contributed by atoms with Crippen LogP contribution in [-0.4, -0.2) is 52.6 Å². The highest BCUT2D eigenvalue weighted by Gasteiger charge is 2.34. The van der Waals surface area contributed by atoms with Crippen LogP contribution in [0.25, 0.3) is 0 Å². The van der Waals surface area contributed by atoms with Crippen LogP contribution < -0.4 is 0 Å². The summed E-state index contributed by atoms with van der Waals surface area (Å²) in [7, 11) is 0. The van der Waals surface area contributed by atoms with Crippen LogP contribution in [-0.2, 0) is 4.79 Å². The summed E-state index contributed by atoms with van der Waals surface area (Å²) in [6.45, 7) is 5.82. The SMILES string of the molecule is C[C@@H]1CN(C(c2ccc(Cl)cc2)c2ccc(Cl)cc2)C[C@H](C)N1CC(=O)O. The van der Waals surface area contributed by atoms with Gasteiger partial charge in [0, 0.05) is 35.2 Å². The van der Waals surface area contributed by atoms with Gasteiger partial charge in [0.1, 0.15) is 0 Å². The Kier molecular flexibility index (Phi) is 6.43. The molecule has 1 N–H and O–H groups in total. The minimum absolute atomic E-state index is 0.0661. The quantitative estimate of drug-likeness (QED) is 0.789. The van der Waals surface area contributed by atoms with Gasteiger partial charge in [-0.25, -0.2) is 0 Å². The van der Waals surface area contributed by atoms with Gasteiger partial charge in [0.25, 0.3) is 0 Å². The molecule has 144 valence electrons. The lowest BCUT2D eigenvalue weighted by atomic mass is 9.94. The topological polar surface area (TPSA) is 43.8 Å². The Morgan fingerprint density at radius 2 is 1.37 bits per heavy atom. The van der Waals surface area contributed by atoms with Gasteiger partial charge in [-0.2, -0.15) is 0 Å². The molecule has 0 aromatic heterocycles. The van der Waals surface area contributed by atoms with Crippen molar-refractivity contribution in [3.8, 4) is 0 Å². The van der Waals surface area contributed by atoms with Gasteiger partial charge in [-0.05, 0) is 49.2 Å². The van der Waals surface area contributed by atoms with Crippen LogP contribution in [0.1, 0.15) is 31.0 Å². The molecule has 0 spiro atoms. The molecule has 6 heteroatoms. The number of aliphatic carboxylic acids is 1. The number of carboxylic acids is 1. The molecule has 1 aliphatic heterocycles. The van der Waals surface area contributed by atoms with E-state index >= 15 is 0 Å². The van der Waals surface area contributed by atoms with Crippen molar-refractivity contribution >= 4 is 29.2 Å². The highest BCUT2D eigenvalue weighted by atomic mass is 35.5. The highest BCUT2D eigenvalue weighted by Crippen LogP contribution is 2.33. The van der Waals surface area contributed by atoms with E-state index in [1.165, 1.54) is 0 Å². The predicted molar refractivity (Wildman–Crippen MR) is 110 cm³/mol. The van der Waals surface area contributed by atoms with Crippen LogP contribution in [0, 0.1) is 0 Å². The Morgan fingerprint density at radius 1 is 0.963 bits per heavy atom. The molecule has 1 fully saturated rings. The van der Waals surface area contributed by atoms with E-state index in [0.717, 1.165) is 24.2 Å². The number of piperazine rings is 1. The number of carboxylic acid groups (broad SMARTS) is 1. The standard InChI is InChI=1S/C21H24Cl2N2O2/c1-14-11-24(12-15(2)25(14)13-20(26)27)21(16-3-7-18(22)8-4-16)17-5-9-19(23)10-6-17/h3-10,14-15,21H,11-13H2,1-2H3,(H,26,27)/t14-,15+. The number of nitrogens with zero attached hydrogens (tertiary/aromatic N) is 2. The zero-order valence-corrected chi connectivity index (χ0v) is 17.0. The van der Waals surface area contributed by atoms with Gasteiger partial charge in [0.2, 0.25) is 0 Å². The Hall–Kier alpha value is -1.59. The number of carbonyl (C=O) groups is 1. The van der Waals surface area contributed by atoms with Crippen molar-refractivity contribution in [1.82, 2.24) is 9.80 Å². The van der Waals surface area contributed by atoms with Crippen LogP contribution in [0.4, 0.5) is 0 Å². The normalized spacial score (nSPS) is 21.5. The molecule has 2 aromatic carbocycles. The average molecular weight is 407 g/mol. The van der Waals surface area contributed by atoms with Crippen molar-refractivity contribution < 1.29 is 9.90 Å². The van der Waals surface area contributed by atoms with Gasteiger partial charge < -0.3 is 5.11 Å². The van der Waals surface area contributed by atoms with Crippen LogP contribution in [0.5, 0.6) is 0 Å². The second kappa shape index (κ2) is 8.61. The smallest absolute Gasteiger partial charge is 0.317 e. The fraction of sp³-hybridized carbons (Fsp3) is 0.381. The van der Waals surface area contributed by atoms with Gasteiger partial charge >= 0.3 is 5.97 Å². The van der Waals surface area contributed by atoms with Crippen molar-refractivity contribution in [2.24, 2.45) is 0 Å². The van der Waals surface area contributed by atoms with E-state index < -0.39 is 5.97 Å². The van der Waals surface area contributed by atoms with Gasteiger partial charge in [-0.1, -0.05) is 47.5 Å². The summed E-state index contributed by atoms with van der Waals surface area (Å²) in [5, 5.41) is 10.6.